The quantitative estimate of drug-likeness (QED) is 0.536. The molecule has 0 amide bonds. The molecule has 0 atom stereocenters. The molecule has 0 unspecified atom stereocenters. The third-order valence-corrected chi connectivity index (χ3v) is 4.10. The number of aliphatic carboxylic acids is 1. The number of ether oxygens (including phenoxy) is 2. The van der Waals surface area contributed by atoms with E-state index in [-0.39, 0.29) is 5.57 Å². The van der Waals surface area contributed by atoms with E-state index in [1.807, 2.05) is 0 Å². The number of allylic oxidation sites excluding steroid dienone is 2. The van der Waals surface area contributed by atoms with Crippen LogP contribution in [-0.2, 0) is 11.0 Å². The summed E-state index contributed by atoms with van der Waals surface area (Å²) in [5.74, 6) is -0.189. The number of hydrogen-bond donors (Lipinski definition) is 1. The maximum Gasteiger partial charge on any atom is 0.416 e. The van der Waals surface area contributed by atoms with E-state index >= 15 is 0 Å². The molecular formula is C21H19F3O4. The van der Waals surface area contributed by atoms with E-state index in [0.717, 1.165) is 12.1 Å². The normalized spacial score (nSPS) is 12.6. The molecule has 0 aromatic heterocycles. The lowest BCUT2D eigenvalue weighted by molar-refractivity contribution is -0.137. The third kappa shape index (κ3) is 4.94. The number of halogens is 3. The molecule has 0 fully saturated rings. The van der Waals surface area contributed by atoms with Crippen molar-refractivity contribution in [2.75, 3.05) is 14.2 Å². The number of benzene rings is 2. The monoisotopic (exact) mass is 392 g/mol. The Hall–Kier alpha value is -3.22. The Morgan fingerprint density at radius 2 is 1.61 bits per heavy atom. The Morgan fingerprint density at radius 3 is 2.11 bits per heavy atom. The first-order valence-electron chi connectivity index (χ1n) is 8.19. The summed E-state index contributed by atoms with van der Waals surface area (Å²) in [5, 5.41) is 9.39. The van der Waals surface area contributed by atoms with Crippen LogP contribution in [0, 0.1) is 0 Å². The summed E-state index contributed by atoms with van der Waals surface area (Å²) in [5.41, 5.74) is 0.802. The molecule has 2 rings (SSSR count). The average molecular weight is 392 g/mol. The van der Waals surface area contributed by atoms with Crippen molar-refractivity contribution in [1.29, 1.82) is 0 Å². The predicted octanol–water partition coefficient (Wildman–Crippen LogP) is 5.29. The summed E-state index contributed by atoms with van der Waals surface area (Å²) >= 11 is 0. The van der Waals surface area contributed by atoms with Crippen LogP contribution in [0.3, 0.4) is 0 Å². The molecule has 0 heterocycles. The number of carboxylic acids is 1. The molecule has 7 heteroatoms. The van der Waals surface area contributed by atoms with Crippen molar-refractivity contribution in [1.82, 2.24) is 0 Å². The smallest absolute Gasteiger partial charge is 0.416 e. The number of rotatable bonds is 6. The second kappa shape index (κ2) is 8.65. The van der Waals surface area contributed by atoms with E-state index in [2.05, 4.69) is 0 Å². The Balaban J connectivity index is 2.45. The van der Waals surface area contributed by atoms with Gasteiger partial charge in [-0.3, -0.25) is 0 Å². The minimum absolute atomic E-state index is 0.0791. The molecule has 0 saturated carbocycles. The highest BCUT2D eigenvalue weighted by molar-refractivity contribution is 5.99. The summed E-state index contributed by atoms with van der Waals surface area (Å²) in [6.45, 7) is 1.45. The lowest BCUT2D eigenvalue weighted by Gasteiger charge is -2.12. The average Bonchev–Trinajstić information content (AvgIpc) is 2.67. The van der Waals surface area contributed by atoms with Gasteiger partial charge in [0.2, 0.25) is 0 Å². The molecule has 0 aliphatic heterocycles. The Labute approximate surface area is 160 Å². The molecule has 28 heavy (non-hydrogen) atoms. The van der Waals surface area contributed by atoms with Crippen LogP contribution in [0.4, 0.5) is 13.2 Å². The van der Waals surface area contributed by atoms with E-state index in [9.17, 15) is 23.1 Å². The molecule has 0 bridgehead atoms. The molecule has 2 aromatic rings. The van der Waals surface area contributed by atoms with Gasteiger partial charge in [0.1, 0.15) is 0 Å². The zero-order chi connectivity index (χ0) is 20.9. The molecule has 2 aromatic carbocycles. The topological polar surface area (TPSA) is 55.8 Å². The minimum atomic E-state index is -4.41. The molecule has 0 aliphatic rings. The highest BCUT2D eigenvalue weighted by Crippen LogP contribution is 2.33. The Kier molecular flexibility index (Phi) is 6.51. The van der Waals surface area contributed by atoms with Crippen molar-refractivity contribution in [2.24, 2.45) is 0 Å². The molecule has 0 spiro atoms. The number of carboxylic acid groups (broad SMARTS) is 1. The van der Waals surface area contributed by atoms with Crippen LogP contribution in [0.5, 0.6) is 11.5 Å². The number of hydrogen-bond acceptors (Lipinski definition) is 3. The maximum atomic E-state index is 12.7. The van der Waals surface area contributed by atoms with E-state index < -0.39 is 17.7 Å². The lowest BCUT2D eigenvalue weighted by atomic mass is 9.98. The largest absolute Gasteiger partial charge is 0.493 e. The van der Waals surface area contributed by atoms with Gasteiger partial charge in [0, 0.05) is 5.57 Å². The van der Waals surface area contributed by atoms with Gasteiger partial charge in [-0.25, -0.2) is 4.79 Å². The first-order valence-corrected chi connectivity index (χ1v) is 8.19. The van der Waals surface area contributed by atoms with Crippen molar-refractivity contribution in [3.8, 4) is 11.5 Å². The van der Waals surface area contributed by atoms with Gasteiger partial charge in [-0.2, -0.15) is 13.2 Å². The van der Waals surface area contributed by atoms with Crippen LogP contribution < -0.4 is 9.47 Å². The maximum absolute atomic E-state index is 12.7. The highest BCUT2D eigenvalue weighted by Gasteiger charge is 2.29. The highest BCUT2D eigenvalue weighted by atomic mass is 19.4. The Morgan fingerprint density at radius 1 is 1.00 bits per heavy atom. The summed E-state index contributed by atoms with van der Waals surface area (Å²) in [6, 6.07) is 9.56. The molecule has 0 saturated heterocycles. The lowest BCUT2D eigenvalue weighted by Crippen LogP contribution is -2.04. The van der Waals surface area contributed by atoms with Crippen molar-refractivity contribution < 1.29 is 32.5 Å². The SMILES string of the molecule is COc1ccc(C(/C=C/c2ccc(C(F)(F)F)cc2)=C(/C)C(=O)O)cc1OC. The minimum Gasteiger partial charge on any atom is -0.493 e. The van der Waals surface area contributed by atoms with E-state index in [4.69, 9.17) is 9.47 Å². The van der Waals surface area contributed by atoms with Crippen LogP contribution >= 0.6 is 0 Å². The zero-order valence-electron chi connectivity index (χ0n) is 15.5. The fraction of sp³-hybridized carbons (Fsp3) is 0.190. The molecule has 0 aliphatic carbocycles. The van der Waals surface area contributed by atoms with Crippen molar-refractivity contribution in [2.45, 2.75) is 13.1 Å². The van der Waals surface area contributed by atoms with E-state index in [1.165, 1.54) is 33.3 Å². The molecule has 1 N–H and O–H groups in total. The van der Waals surface area contributed by atoms with Gasteiger partial charge >= 0.3 is 12.1 Å². The van der Waals surface area contributed by atoms with E-state index in [1.54, 1.807) is 30.4 Å². The Bertz CT molecular complexity index is 910. The zero-order valence-corrected chi connectivity index (χ0v) is 15.5. The second-order valence-corrected chi connectivity index (χ2v) is 5.87. The van der Waals surface area contributed by atoms with Crippen molar-refractivity contribution >= 4 is 17.6 Å². The van der Waals surface area contributed by atoms with Gasteiger partial charge in [-0.05, 0) is 47.9 Å². The molecule has 148 valence electrons. The molecule has 4 nitrogen and oxygen atoms in total. The number of carbonyl (C=O) groups is 1. The summed E-state index contributed by atoms with van der Waals surface area (Å²) in [7, 11) is 2.95. The summed E-state index contributed by atoms with van der Waals surface area (Å²) in [4.78, 5) is 11.5. The van der Waals surface area contributed by atoms with Gasteiger partial charge in [-0.1, -0.05) is 30.4 Å². The van der Waals surface area contributed by atoms with E-state index in [0.29, 0.717) is 28.2 Å². The van der Waals surface area contributed by atoms with Crippen molar-refractivity contribution in [3.63, 3.8) is 0 Å². The van der Waals surface area contributed by atoms with Crippen molar-refractivity contribution in [3.05, 3.63) is 70.8 Å². The van der Waals surface area contributed by atoms with Gasteiger partial charge < -0.3 is 14.6 Å². The van der Waals surface area contributed by atoms with Gasteiger partial charge in [0.25, 0.3) is 0 Å². The van der Waals surface area contributed by atoms with Crippen LogP contribution in [0.1, 0.15) is 23.6 Å². The fourth-order valence-corrected chi connectivity index (χ4v) is 2.52. The summed E-state index contributed by atoms with van der Waals surface area (Å²) < 4.78 is 48.4. The van der Waals surface area contributed by atoms with Crippen LogP contribution in [0.15, 0.2) is 54.1 Å². The first-order chi connectivity index (χ1) is 13.2. The summed E-state index contributed by atoms with van der Waals surface area (Å²) in [6.07, 6.45) is -1.31. The van der Waals surface area contributed by atoms with Crippen LogP contribution in [0.2, 0.25) is 0 Å². The molecular weight excluding hydrogens is 373 g/mol. The van der Waals surface area contributed by atoms with Gasteiger partial charge in [-0.15, -0.1) is 0 Å². The van der Waals surface area contributed by atoms with Gasteiger partial charge in [0.05, 0.1) is 19.8 Å². The number of methoxy groups -OCH3 is 2. The standard InChI is InChI=1S/C21H19F3O4/c1-13(20(25)26)17(15-7-11-18(27-2)19(12-15)28-3)10-6-14-4-8-16(9-5-14)21(22,23)24/h4-12H,1-3H3,(H,25,26)/b10-6+,17-13-. The molecule has 0 radical (unpaired) electrons. The van der Waals surface area contributed by atoms with Crippen LogP contribution in [-0.4, -0.2) is 25.3 Å². The van der Waals surface area contributed by atoms with Gasteiger partial charge in [0.15, 0.2) is 11.5 Å². The van der Waals surface area contributed by atoms with Crippen LogP contribution in [0.25, 0.3) is 11.6 Å². The number of alkyl halides is 3. The fourth-order valence-electron chi connectivity index (χ4n) is 2.52. The first kappa shape index (κ1) is 21.1. The third-order valence-electron chi connectivity index (χ3n) is 4.10. The second-order valence-electron chi connectivity index (χ2n) is 5.87. The predicted molar refractivity (Wildman–Crippen MR) is 100 cm³/mol.